The van der Waals surface area contributed by atoms with Gasteiger partial charge < -0.3 is 19.4 Å². The third kappa shape index (κ3) is 5.42. The van der Waals surface area contributed by atoms with Gasteiger partial charge in [0, 0.05) is 59.0 Å². The molecule has 0 N–H and O–H groups in total. The monoisotopic (exact) mass is 374 g/mol. The average Bonchev–Trinajstić information content (AvgIpc) is 2.73. The highest BCUT2D eigenvalue weighted by Crippen LogP contribution is 2.22. The second-order valence-electron chi connectivity index (χ2n) is 7.38. The second-order valence-corrected chi connectivity index (χ2v) is 7.38. The van der Waals surface area contributed by atoms with Crippen LogP contribution in [-0.4, -0.2) is 79.6 Å². The molecule has 0 saturated carbocycles. The summed E-state index contributed by atoms with van der Waals surface area (Å²) in [5, 5.41) is 0. The molecule has 7 nitrogen and oxygen atoms in total. The Balaban J connectivity index is 1.40. The summed E-state index contributed by atoms with van der Waals surface area (Å²) in [4.78, 5) is 35.0. The molecule has 1 atom stereocenters. The smallest absolute Gasteiger partial charge is 0.248 e. The minimum absolute atomic E-state index is 0.0548. The zero-order chi connectivity index (χ0) is 19.1. The number of ether oxygens (including phenoxy) is 1. The van der Waals surface area contributed by atoms with E-state index in [1.165, 1.54) is 0 Å². The molecule has 2 saturated heterocycles. The SMILES string of the molecule is COCC(=O)N1CCC[C@@H](CCC(=O)N2CCN(c3ccccn3)CC2)C1. The molecule has 0 spiro atoms. The van der Waals surface area contributed by atoms with Crippen molar-refractivity contribution in [3.05, 3.63) is 24.4 Å². The first-order valence-electron chi connectivity index (χ1n) is 9.88. The van der Waals surface area contributed by atoms with E-state index in [0.717, 1.165) is 64.3 Å². The van der Waals surface area contributed by atoms with Gasteiger partial charge in [-0.15, -0.1) is 0 Å². The Labute approximate surface area is 161 Å². The van der Waals surface area contributed by atoms with E-state index >= 15 is 0 Å². The molecule has 2 amide bonds. The van der Waals surface area contributed by atoms with E-state index in [0.29, 0.717) is 12.3 Å². The number of aromatic nitrogens is 1. The number of pyridine rings is 1. The fraction of sp³-hybridized carbons (Fsp3) is 0.650. The number of nitrogens with zero attached hydrogens (tertiary/aromatic N) is 4. The molecular formula is C20H30N4O3. The van der Waals surface area contributed by atoms with Crippen molar-refractivity contribution in [1.29, 1.82) is 0 Å². The number of hydrogen-bond acceptors (Lipinski definition) is 5. The first-order chi connectivity index (χ1) is 13.2. The fourth-order valence-electron chi connectivity index (χ4n) is 3.95. The molecular weight excluding hydrogens is 344 g/mol. The molecule has 0 unspecified atom stereocenters. The van der Waals surface area contributed by atoms with Gasteiger partial charge >= 0.3 is 0 Å². The van der Waals surface area contributed by atoms with Crippen LogP contribution in [0.3, 0.4) is 0 Å². The van der Waals surface area contributed by atoms with Crippen molar-refractivity contribution in [3.8, 4) is 0 Å². The Morgan fingerprint density at radius 1 is 1.11 bits per heavy atom. The normalized spacial score (nSPS) is 20.6. The number of amides is 2. The van der Waals surface area contributed by atoms with Gasteiger partial charge in [-0.2, -0.15) is 0 Å². The number of carbonyl (C=O) groups excluding carboxylic acids is 2. The quantitative estimate of drug-likeness (QED) is 0.753. The number of piperidine rings is 1. The van der Waals surface area contributed by atoms with E-state index in [2.05, 4.69) is 9.88 Å². The molecule has 0 aromatic carbocycles. The maximum Gasteiger partial charge on any atom is 0.248 e. The van der Waals surface area contributed by atoms with Gasteiger partial charge in [0.1, 0.15) is 12.4 Å². The van der Waals surface area contributed by atoms with Crippen LogP contribution in [0.4, 0.5) is 5.82 Å². The lowest BCUT2D eigenvalue weighted by molar-refractivity contribution is -0.137. The van der Waals surface area contributed by atoms with Crippen molar-refractivity contribution in [2.75, 3.05) is 57.9 Å². The minimum atomic E-state index is 0.0548. The first kappa shape index (κ1) is 19.6. The molecule has 0 aliphatic carbocycles. The zero-order valence-corrected chi connectivity index (χ0v) is 16.2. The van der Waals surface area contributed by atoms with E-state index in [-0.39, 0.29) is 18.4 Å². The first-order valence-corrected chi connectivity index (χ1v) is 9.88. The lowest BCUT2D eigenvalue weighted by Crippen LogP contribution is -2.49. The van der Waals surface area contributed by atoms with Crippen LogP contribution < -0.4 is 4.90 Å². The van der Waals surface area contributed by atoms with Gasteiger partial charge in [0.15, 0.2) is 0 Å². The lowest BCUT2D eigenvalue weighted by atomic mass is 9.93. The van der Waals surface area contributed by atoms with Crippen LogP contribution >= 0.6 is 0 Å². The van der Waals surface area contributed by atoms with Gasteiger partial charge in [-0.1, -0.05) is 6.07 Å². The van der Waals surface area contributed by atoms with Crippen LogP contribution in [-0.2, 0) is 14.3 Å². The highest BCUT2D eigenvalue weighted by Gasteiger charge is 2.26. The van der Waals surface area contributed by atoms with Crippen molar-refractivity contribution in [2.24, 2.45) is 5.92 Å². The van der Waals surface area contributed by atoms with Crippen LogP contribution in [0.2, 0.25) is 0 Å². The largest absolute Gasteiger partial charge is 0.375 e. The van der Waals surface area contributed by atoms with Crippen LogP contribution in [0.1, 0.15) is 25.7 Å². The van der Waals surface area contributed by atoms with Crippen LogP contribution in [0.25, 0.3) is 0 Å². The van der Waals surface area contributed by atoms with Gasteiger partial charge in [-0.3, -0.25) is 9.59 Å². The molecule has 3 heterocycles. The Morgan fingerprint density at radius 3 is 2.63 bits per heavy atom. The van der Waals surface area contributed by atoms with Gasteiger partial charge in [0.05, 0.1) is 0 Å². The number of piperazine rings is 1. The molecule has 1 aromatic rings. The second kappa shape index (κ2) is 9.69. The van der Waals surface area contributed by atoms with Crippen molar-refractivity contribution in [1.82, 2.24) is 14.8 Å². The van der Waals surface area contributed by atoms with Crippen LogP contribution in [0.5, 0.6) is 0 Å². The number of rotatable bonds is 6. The lowest BCUT2D eigenvalue weighted by Gasteiger charge is -2.36. The van der Waals surface area contributed by atoms with Crippen molar-refractivity contribution >= 4 is 17.6 Å². The van der Waals surface area contributed by atoms with Crippen molar-refractivity contribution in [3.63, 3.8) is 0 Å². The topological polar surface area (TPSA) is 66.0 Å². The number of likely N-dealkylation sites (tertiary alicyclic amines) is 1. The fourth-order valence-corrected chi connectivity index (χ4v) is 3.95. The third-order valence-corrected chi connectivity index (χ3v) is 5.51. The van der Waals surface area contributed by atoms with E-state index in [4.69, 9.17) is 4.74 Å². The number of anilines is 1. The van der Waals surface area contributed by atoms with Gasteiger partial charge in [0.25, 0.3) is 0 Å². The van der Waals surface area contributed by atoms with E-state index in [9.17, 15) is 9.59 Å². The van der Waals surface area contributed by atoms with Gasteiger partial charge in [0.2, 0.25) is 11.8 Å². The predicted molar refractivity (Wildman–Crippen MR) is 103 cm³/mol. The van der Waals surface area contributed by atoms with E-state index in [1.54, 1.807) is 13.3 Å². The Morgan fingerprint density at radius 2 is 1.93 bits per heavy atom. The summed E-state index contributed by atoms with van der Waals surface area (Å²) in [7, 11) is 1.55. The predicted octanol–water partition coefficient (Wildman–Crippen LogP) is 1.40. The Hall–Kier alpha value is -2.15. The van der Waals surface area contributed by atoms with E-state index in [1.807, 2.05) is 28.0 Å². The highest BCUT2D eigenvalue weighted by atomic mass is 16.5. The highest BCUT2D eigenvalue weighted by molar-refractivity contribution is 5.78. The molecule has 2 aliphatic heterocycles. The number of hydrogen-bond donors (Lipinski definition) is 0. The maximum atomic E-state index is 12.6. The summed E-state index contributed by atoms with van der Waals surface area (Å²) in [5.74, 6) is 1.68. The molecule has 0 radical (unpaired) electrons. The molecule has 2 fully saturated rings. The van der Waals surface area contributed by atoms with Gasteiger partial charge in [-0.25, -0.2) is 4.98 Å². The maximum absolute atomic E-state index is 12.6. The molecule has 3 rings (SSSR count). The minimum Gasteiger partial charge on any atom is -0.375 e. The molecule has 1 aromatic heterocycles. The van der Waals surface area contributed by atoms with Crippen molar-refractivity contribution in [2.45, 2.75) is 25.7 Å². The average molecular weight is 374 g/mol. The molecule has 0 bridgehead atoms. The summed E-state index contributed by atoms with van der Waals surface area (Å²) in [5.41, 5.74) is 0. The standard InChI is InChI=1S/C20H30N4O3/c1-27-16-20(26)24-10-4-5-17(15-24)7-8-19(25)23-13-11-22(12-14-23)18-6-2-3-9-21-18/h2-3,6,9,17H,4-5,7-8,10-16H2,1H3/t17-/m0/s1. The van der Waals surface area contributed by atoms with Crippen molar-refractivity contribution < 1.29 is 14.3 Å². The number of carbonyl (C=O) groups is 2. The Bertz CT molecular complexity index is 617. The number of methoxy groups -OCH3 is 1. The summed E-state index contributed by atoms with van der Waals surface area (Å²) in [6, 6.07) is 5.92. The summed E-state index contributed by atoms with van der Waals surface area (Å²) in [6.07, 6.45) is 5.34. The third-order valence-electron chi connectivity index (χ3n) is 5.51. The summed E-state index contributed by atoms with van der Waals surface area (Å²) < 4.78 is 4.95. The van der Waals surface area contributed by atoms with E-state index < -0.39 is 0 Å². The molecule has 27 heavy (non-hydrogen) atoms. The zero-order valence-electron chi connectivity index (χ0n) is 16.2. The van der Waals surface area contributed by atoms with Gasteiger partial charge in [-0.05, 0) is 37.3 Å². The Kier molecular flexibility index (Phi) is 7.04. The molecule has 148 valence electrons. The summed E-state index contributed by atoms with van der Waals surface area (Å²) in [6.45, 7) is 4.85. The molecule has 2 aliphatic rings. The molecule has 7 heteroatoms. The van der Waals surface area contributed by atoms with Crippen LogP contribution in [0.15, 0.2) is 24.4 Å². The summed E-state index contributed by atoms with van der Waals surface area (Å²) >= 11 is 0. The van der Waals surface area contributed by atoms with Crippen LogP contribution in [0, 0.1) is 5.92 Å².